The number of hydrogen-bond donors (Lipinski definition) is 2. The number of amides is 1. The van der Waals surface area contributed by atoms with Crippen LogP contribution in [-0.4, -0.2) is 20.7 Å². The summed E-state index contributed by atoms with van der Waals surface area (Å²) >= 11 is 11.0. The number of aromatic nitrogens is 3. The molecule has 0 saturated carbocycles. The van der Waals surface area contributed by atoms with Crippen molar-refractivity contribution >= 4 is 35.4 Å². The van der Waals surface area contributed by atoms with Crippen LogP contribution < -0.4 is 5.32 Å². The first-order valence-corrected chi connectivity index (χ1v) is 8.70. The Hall–Kier alpha value is -2.51. The average molecular weight is 391 g/mol. The van der Waals surface area contributed by atoms with E-state index in [4.69, 9.17) is 23.8 Å². The van der Waals surface area contributed by atoms with Gasteiger partial charge in [0, 0.05) is 23.6 Å². The lowest BCUT2D eigenvalue weighted by Crippen LogP contribution is -2.16. The smallest absolute Gasteiger partial charge is 0.226 e. The molecule has 0 aliphatic heterocycles. The lowest BCUT2D eigenvalue weighted by Gasteiger charge is -2.09. The van der Waals surface area contributed by atoms with Gasteiger partial charge in [-0.15, -0.1) is 0 Å². The fourth-order valence-electron chi connectivity index (χ4n) is 2.55. The van der Waals surface area contributed by atoms with Crippen molar-refractivity contribution in [2.24, 2.45) is 0 Å². The summed E-state index contributed by atoms with van der Waals surface area (Å²) in [5.41, 5.74) is 2.09. The first-order valence-electron chi connectivity index (χ1n) is 7.91. The molecule has 3 aromatic rings. The summed E-state index contributed by atoms with van der Waals surface area (Å²) in [5.74, 6) is -0.250. The molecule has 0 aliphatic carbocycles. The quantitative estimate of drug-likeness (QED) is 0.618. The Morgan fingerprint density at radius 2 is 2.15 bits per heavy atom. The van der Waals surface area contributed by atoms with E-state index in [0.717, 1.165) is 17.2 Å². The van der Waals surface area contributed by atoms with Gasteiger partial charge >= 0.3 is 0 Å². The fourth-order valence-corrected chi connectivity index (χ4v) is 2.93. The van der Waals surface area contributed by atoms with Gasteiger partial charge in [-0.05, 0) is 43.4 Å². The Balaban J connectivity index is 1.73. The van der Waals surface area contributed by atoms with E-state index in [2.05, 4.69) is 15.5 Å². The molecule has 134 valence electrons. The number of anilines is 1. The summed E-state index contributed by atoms with van der Waals surface area (Å²) < 4.78 is 16.0. The van der Waals surface area contributed by atoms with Crippen LogP contribution in [0, 0.1) is 17.5 Å². The van der Waals surface area contributed by atoms with Crippen LogP contribution in [0.4, 0.5) is 10.1 Å². The maximum Gasteiger partial charge on any atom is 0.226 e. The number of hydrogen-bond acceptors (Lipinski definition) is 3. The topological polar surface area (TPSA) is 62.7 Å². The van der Waals surface area contributed by atoms with E-state index >= 15 is 0 Å². The van der Waals surface area contributed by atoms with E-state index in [1.54, 1.807) is 4.57 Å². The molecule has 2 aromatic carbocycles. The summed E-state index contributed by atoms with van der Waals surface area (Å²) in [5, 5.41) is 9.81. The molecule has 0 spiro atoms. The van der Waals surface area contributed by atoms with E-state index in [0.29, 0.717) is 17.1 Å². The van der Waals surface area contributed by atoms with Crippen LogP contribution in [0.25, 0.3) is 11.4 Å². The van der Waals surface area contributed by atoms with Gasteiger partial charge in [-0.1, -0.05) is 35.4 Å². The predicted octanol–water partition coefficient (Wildman–Crippen LogP) is 4.74. The Kier molecular flexibility index (Phi) is 5.49. The van der Waals surface area contributed by atoms with Crippen molar-refractivity contribution in [3.63, 3.8) is 0 Å². The molecule has 0 aliphatic rings. The lowest BCUT2D eigenvalue weighted by molar-refractivity contribution is -0.116. The second-order valence-electron chi connectivity index (χ2n) is 5.80. The first kappa shape index (κ1) is 18.3. The van der Waals surface area contributed by atoms with E-state index in [1.807, 2.05) is 31.2 Å². The SMILES string of the molecule is Cc1cccc(-c2n[nH]c(=S)n2CCC(=O)Nc2ccc(Cl)cc2F)c1. The number of H-pyrrole nitrogens is 1. The highest BCUT2D eigenvalue weighted by Gasteiger charge is 2.12. The monoisotopic (exact) mass is 390 g/mol. The van der Waals surface area contributed by atoms with Crippen molar-refractivity contribution in [3.05, 3.63) is 63.6 Å². The average Bonchev–Trinajstić information content (AvgIpc) is 2.96. The summed E-state index contributed by atoms with van der Waals surface area (Å²) in [4.78, 5) is 12.2. The zero-order valence-electron chi connectivity index (χ0n) is 13.9. The van der Waals surface area contributed by atoms with Crippen LogP contribution in [0.5, 0.6) is 0 Å². The predicted molar refractivity (Wildman–Crippen MR) is 102 cm³/mol. The third-order valence-electron chi connectivity index (χ3n) is 3.80. The van der Waals surface area contributed by atoms with Crippen molar-refractivity contribution in [3.8, 4) is 11.4 Å². The van der Waals surface area contributed by atoms with Crippen LogP contribution in [0.2, 0.25) is 5.02 Å². The Bertz CT molecular complexity index is 1010. The summed E-state index contributed by atoms with van der Waals surface area (Å²) in [6.45, 7) is 2.31. The number of benzene rings is 2. The zero-order chi connectivity index (χ0) is 18.7. The molecule has 8 heteroatoms. The van der Waals surface area contributed by atoms with Crippen molar-refractivity contribution in [2.45, 2.75) is 19.9 Å². The van der Waals surface area contributed by atoms with Crippen LogP contribution >= 0.6 is 23.8 Å². The number of nitrogens with one attached hydrogen (secondary N) is 2. The minimum Gasteiger partial charge on any atom is -0.324 e. The molecular weight excluding hydrogens is 375 g/mol. The molecule has 26 heavy (non-hydrogen) atoms. The molecule has 0 atom stereocenters. The highest BCUT2D eigenvalue weighted by Crippen LogP contribution is 2.20. The van der Waals surface area contributed by atoms with E-state index in [9.17, 15) is 9.18 Å². The second kappa shape index (κ2) is 7.80. The van der Waals surface area contributed by atoms with Gasteiger partial charge < -0.3 is 5.32 Å². The molecule has 0 radical (unpaired) electrons. The van der Waals surface area contributed by atoms with Crippen LogP contribution in [-0.2, 0) is 11.3 Å². The fraction of sp³-hybridized carbons (Fsp3) is 0.167. The minimum absolute atomic E-state index is 0.0918. The van der Waals surface area contributed by atoms with Gasteiger partial charge in [0.1, 0.15) is 5.82 Å². The number of carbonyl (C=O) groups excluding carboxylic acids is 1. The van der Waals surface area contributed by atoms with E-state index in [-0.39, 0.29) is 23.0 Å². The molecule has 1 amide bonds. The molecule has 1 aromatic heterocycles. The third kappa shape index (κ3) is 4.17. The van der Waals surface area contributed by atoms with Gasteiger partial charge in [0.15, 0.2) is 10.6 Å². The summed E-state index contributed by atoms with van der Waals surface area (Å²) in [7, 11) is 0. The van der Waals surface area contributed by atoms with Crippen molar-refractivity contribution in [2.75, 3.05) is 5.32 Å². The Morgan fingerprint density at radius 3 is 2.88 bits per heavy atom. The molecule has 3 rings (SSSR count). The zero-order valence-corrected chi connectivity index (χ0v) is 15.5. The number of aryl methyl sites for hydroxylation is 1. The second-order valence-corrected chi connectivity index (χ2v) is 6.62. The number of nitrogens with zero attached hydrogens (tertiary/aromatic N) is 2. The number of halogens is 2. The maximum absolute atomic E-state index is 13.8. The van der Waals surface area contributed by atoms with Crippen LogP contribution in [0.3, 0.4) is 0 Å². The standard InChI is InChI=1S/C18H16ClFN4OS/c1-11-3-2-4-12(9-11)17-22-23-18(26)24(17)8-7-16(25)21-15-6-5-13(19)10-14(15)20/h2-6,9-10H,7-8H2,1H3,(H,21,25)(H,23,26). The van der Waals surface area contributed by atoms with Gasteiger partial charge in [0.25, 0.3) is 0 Å². The lowest BCUT2D eigenvalue weighted by atomic mass is 10.1. The number of aromatic amines is 1. The van der Waals surface area contributed by atoms with Crippen LogP contribution in [0.1, 0.15) is 12.0 Å². The molecule has 0 fully saturated rings. The number of carbonyl (C=O) groups is 1. The van der Waals surface area contributed by atoms with Gasteiger partial charge in [-0.2, -0.15) is 5.10 Å². The summed E-state index contributed by atoms with van der Waals surface area (Å²) in [6, 6.07) is 11.9. The summed E-state index contributed by atoms with van der Waals surface area (Å²) in [6.07, 6.45) is 0.120. The van der Waals surface area contributed by atoms with E-state index in [1.165, 1.54) is 12.1 Å². The minimum atomic E-state index is -0.578. The van der Waals surface area contributed by atoms with Crippen molar-refractivity contribution in [1.82, 2.24) is 14.8 Å². The first-order chi connectivity index (χ1) is 12.4. The van der Waals surface area contributed by atoms with Crippen LogP contribution in [0.15, 0.2) is 42.5 Å². The molecule has 0 saturated heterocycles. The molecule has 0 bridgehead atoms. The highest BCUT2D eigenvalue weighted by molar-refractivity contribution is 7.71. The molecule has 1 heterocycles. The van der Waals surface area contributed by atoms with Gasteiger partial charge in [-0.25, -0.2) is 4.39 Å². The largest absolute Gasteiger partial charge is 0.324 e. The van der Waals surface area contributed by atoms with Gasteiger partial charge in [0.05, 0.1) is 5.69 Å². The van der Waals surface area contributed by atoms with Gasteiger partial charge in [-0.3, -0.25) is 14.5 Å². The molecule has 2 N–H and O–H groups in total. The molecule has 5 nitrogen and oxygen atoms in total. The third-order valence-corrected chi connectivity index (χ3v) is 4.35. The van der Waals surface area contributed by atoms with Gasteiger partial charge in [0.2, 0.25) is 5.91 Å². The Labute approximate surface area is 159 Å². The molecule has 0 unspecified atom stereocenters. The Morgan fingerprint density at radius 1 is 1.35 bits per heavy atom. The normalized spacial score (nSPS) is 10.7. The van der Waals surface area contributed by atoms with E-state index < -0.39 is 5.82 Å². The number of rotatable bonds is 5. The van der Waals surface area contributed by atoms with Crippen molar-refractivity contribution in [1.29, 1.82) is 0 Å². The highest BCUT2D eigenvalue weighted by atomic mass is 35.5. The molecular formula is C18H16ClFN4OS. The van der Waals surface area contributed by atoms with Crippen molar-refractivity contribution < 1.29 is 9.18 Å². The maximum atomic E-state index is 13.8.